The molecule has 0 amide bonds. The van der Waals surface area contributed by atoms with E-state index in [0.29, 0.717) is 43.1 Å². The number of aromatic nitrogens is 3. The molecule has 24 heavy (non-hydrogen) atoms. The number of nitrogens with zero attached hydrogens (tertiary/aromatic N) is 4. The molecule has 7 nitrogen and oxygen atoms in total. The number of benzene rings is 1. The number of hydrogen-bond acceptors (Lipinski definition) is 7. The molecule has 0 radical (unpaired) electrons. The third-order valence-corrected chi connectivity index (χ3v) is 4.43. The molecule has 0 unspecified atom stereocenters. The third-order valence-electron chi connectivity index (χ3n) is 3.52. The van der Waals surface area contributed by atoms with E-state index in [-0.39, 0.29) is 17.5 Å². The van der Waals surface area contributed by atoms with Gasteiger partial charge in [0.15, 0.2) is 5.16 Å². The summed E-state index contributed by atoms with van der Waals surface area (Å²) in [7, 11) is 1.33. The highest BCUT2D eigenvalue weighted by Gasteiger charge is 2.22. The molecule has 1 aliphatic heterocycles. The number of halogens is 1. The number of carbonyl (C=O) groups is 1. The van der Waals surface area contributed by atoms with Crippen LogP contribution in [-0.4, -0.2) is 59.9 Å². The van der Waals surface area contributed by atoms with Gasteiger partial charge in [0, 0.05) is 13.1 Å². The van der Waals surface area contributed by atoms with Gasteiger partial charge >= 0.3 is 5.97 Å². The van der Waals surface area contributed by atoms with Crippen molar-refractivity contribution in [1.82, 2.24) is 14.8 Å². The van der Waals surface area contributed by atoms with Crippen LogP contribution >= 0.6 is 11.8 Å². The molecule has 0 saturated carbocycles. The maximum Gasteiger partial charge on any atom is 0.316 e. The summed E-state index contributed by atoms with van der Waals surface area (Å²) in [6, 6.07) is 6.19. The molecule has 0 N–H and O–H groups in total. The van der Waals surface area contributed by atoms with Crippen molar-refractivity contribution < 1.29 is 18.7 Å². The van der Waals surface area contributed by atoms with Gasteiger partial charge in [-0.3, -0.25) is 9.36 Å². The van der Waals surface area contributed by atoms with Crippen molar-refractivity contribution in [3.8, 4) is 5.69 Å². The Morgan fingerprint density at radius 3 is 2.88 bits per heavy atom. The van der Waals surface area contributed by atoms with Crippen molar-refractivity contribution in [2.75, 3.05) is 44.1 Å². The molecule has 1 aromatic carbocycles. The van der Waals surface area contributed by atoms with Crippen molar-refractivity contribution in [2.24, 2.45) is 0 Å². The summed E-state index contributed by atoms with van der Waals surface area (Å²) < 4.78 is 25.4. The van der Waals surface area contributed by atoms with E-state index in [4.69, 9.17) is 4.74 Å². The second kappa shape index (κ2) is 7.63. The Hall–Kier alpha value is -2.13. The molecular formula is C15H17FN4O3S. The molecule has 0 bridgehead atoms. The van der Waals surface area contributed by atoms with Gasteiger partial charge in [0.25, 0.3) is 0 Å². The van der Waals surface area contributed by atoms with Crippen molar-refractivity contribution in [3.05, 3.63) is 30.1 Å². The summed E-state index contributed by atoms with van der Waals surface area (Å²) in [5.41, 5.74) is 0.605. The van der Waals surface area contributed by atoms with Gasteiger partial charge in [-0.15, -0.1) is 10.2 Å². The molecule has 1 saturated heterocycles. The summed E-state index contributed by atoms with van der Waals surface area (Å²) in [6.45, 7) is 2.55. The molecule has 2 heterocycles. The van der Waals surface area contributed by atoms with E-state index in [1.807, 2.05) is 4.90 Å². The zero-order valence-corrected chi connectivity index (χ0v) is 14.0. The summed E-state index contributed by atoms with van der Waals surface area (Å²) in [5.74, 6) is 0.00332. The Balaban J connectivity index is 1.96. The van der Waals surface area contributed by atoms with Crippen LogP contribution in [0.2, 0.25) is 0 Å². The van der Waals surface area contributed by atoms with Gasteiger partial charge in [-0.2, -0.15) is 0 Å². The lowest BCUT2D eigenvalue weighted by atomic mass is 10.3. The number of ether oxygens (including phenoxy) is 2. The average molecular weight is 352 g/mol. The smallest absolute Gasteiger partial charge is 0.316 e. The van der Waals surface area contributed by atoms with E-state index >= 15 is 0 Å². The van der Waals surface area contributed by atoms with E-state index in [0.717, 1.165) is 0 Å². The molecule has 2 aromatic rings. The van der Waals surface area contributed by atoms with E-state index in [2.05, 4.69) is 14.9 Å². The fraction of sp³-hybridized carbons (Fsp3) is 0.400. The molecular weight excluding hydrogens is 335 g/mol. The number of hydrogen-bond donors (Lipinski definition) is 0. The van der Waals surface area contributed by atoms with E-state index < -0.39 is 0 Å². The van der Waals surface area contributed by atoms with Crippen molar-refractivity contribution in [2.45, 2.75) is 5.16 Å². The van der Waals surface area contributed by atoms with Gasteiger partial charge < -0.3 is 14.4 Å². The first-order chi connectivity index (χ1) is 11.7. The van der Waals surface area contributed by atoms with Gasteiger partial charge in [-0.25, -0.2) is 4.39 Å². The summed E-state index contributed by atoms with van der Waals surface area (Å²) >= 11 is 1.20. The van der Waals surface area contributed by atoms with Crippen LogP contribution in [0.5, 0.6) is 0 Å². The largest absolute Gasteiger partial charge is 0.468 e. The lowest BCUT2D eigenvalue weighted by Crippen LogP contribution is -2.37. The summed E-state index contributed by atoms with van der Waals surface area (Å²) in [4.78, 5) is 13.4. The van der Waals surface area contributed by atoms with Crippen molar-refractivity contribution in [3.63, 3.8) is 0 Å². The molecule has 0 atom stereocenters. The van der Waals surface area contributed by atoms with Crippen LogP contribution in [0.25, 0.3) is 5.69 Å². The number of thioether (sulfide) groups is 1. The molecule has 0 spiro atoms. The quantitative estimate of drug-likeness (QED) is 0.597. The predicted molar refractivity (Wildman–Crippen MR) is 87.1 cm³/mol. The number of carbonyl (C=O) groups excluding carboxylic acids is 1. The number of rotatable bonds is 5. The standard InChI is InChI=1S/C15H17FN4O3S/c1-22-13(21)10-24-15-18-17-14(19-5-7-23-8-6-19)20(15)12-4-2-3-11(16)9-12/h2-4,9H,5-8,10H2,1H3. The lowest BCUT2D eigenvalue weighted by molar-refractivity contribution is -0.137. The number of methoxy groups -OCH3 is 1. The second-order valence-corrected chi connectivity index (χ2v) is 6.00. The Bertz CT molecular complexity index is 718. The Morgan fingerprint density at radius 2 is 2.17 bits per heavy atom. The maximum atomic E-state index is 13.7. The van der Waals surface area contributed by atoms with Gasteiger partial charge in [0.05, 0.1) is 31.8 Å². The first-order valence-electron chi connectivity index (χ1n) is 7.42. The Morgan fingerprint density at radius 1 is 1.38 bits per heavy atom. The third kappa shape index (κ3) is 3.68. The lowest BCUT2D eigenvalue weighted by Gasteiger charge is -2.27. The van der Waals surface area contributed by atoms with Crippen molar-refractivity contribution >= 4 is 23.7 Å². The number of morpholine rings is 1. The summed E-state index contributed by atoms with van der Waals surface area (Å²) in [5, 5.41) is 8.91. The molecule has 1 aromatic heterocycles. The van der Waals surface area contributed by atoms with Crippen LogP contribution in [0.1, 0.15) is 0 Å². The molecule has 3 rings (SSSR count). The Kier molecular flexibility index (Phi) is 5.31. The van der Waals surface area contributed by atoms with E-state index in [9.17, 15) is 9.18 Å². The molecule has 0 aliphatic carbocycles. The fourth-order valence-corrected chi connectivity index (χ4v) is 3.13. The predicted octanol–water partition coefficient (Wildman–Crippen LogP) is 1.51. The topological polar surface area (TPSA) is 69.5 Å². The molecule has 128 valence electrons. The minimum atomic E-state index is -0.360. The number of anilines is 1. The highest BCUT2D eigenvalue weighted by molar-refractivity contribution is 7.99. The SMILES string of the molecule is COC(=O)CSc1nnc(N2CCOCC2)n1-c1cccc(F)c1. The van der Waals surface area contributed by atoms with E-state index in [1.54, 1.807) is 16.7 Å². The number of esters is 1. The zero-order valence-electron chi connectivity index (χ0n) is 13.1. The van der Waals surface area contributed by atoms with Crippen LogP contribution in [0.4, 0.5) is 10.3 Å². The van der Waals surface area contributed by atoms with Crippen LogP contribution in [0, 0.1) is 5.82 Å². The normalized spacial score (nSPS) is 14.7. The zero-order chi connectivity index (χ0) is 16.9. The van der Waals surface area contributed by atoms with Gasteiger partial charge in [0.2, 0.25) is 5.95 Å². The van der Waals surface area contributed by atoms with Crippen LogP contribution in [0.3, 0.4) is 0 Å². The second-order valence-electron chi connectivity index (χ2n) is 5.06. The minimum absolute atomic E-state index is 0.104. The van der Waals surface area contributed by atoms with Gasteiger partial charge in [-0.05, 0) is 18.2 Å². The molecule has 1 fully saturated rings. The monoisotopic (exact) mass is 352 g/mol. The maximum absolute atomic E-state index is 13.7. The highest BCUT2D eigenvalue weighted by atomic mass is 32.2. The highest BCUT2D eigenvalue weighted by Crippen LogP contribution is 2.27. The first kappa shape index (κ1) is 16.7. The van der Waals surface area contributed by atoms with Crippen LogP contribution < -0.4 is 4.90 Å². The van der Waals surface area contributed by atoms with Crippen molar-refractivity contribution in [1.29, 1.82) is 0 Å². The van der Waals surface area contributed by atoms with Gasteiger partial charge in [0.1, 0.15) is 5.82 Å². The average Bonchev–Trinajstić information content (AvgIpc) is 3.04. The summed E-state index contributed by atoms with van der Waals surface area (Å²) in [6.07, 6.45) is 0. The molecule has 9 heteroatoms. The Labute approximate surface area is 142 Å². The van der Waals surface area contributed by atoms with Crippen LogP contribution in [0.15, 0.2) is 29.4 Å². The van der Waals surface area contributed by atoms with E-state index in [1.165, 1.54) is 31.0 Å². The van der Waals surface area contributed by atoms with Crippen LogP contribution in [-0.2, 0) is 14.3 Å². The fourth-order valence-electron chi connectivity index (χ4n) is 2.35. The first-order valence-corrected chi connectivity index (χ1v) is 8.41. The van der Waals surface area contributed by atoms with Gasteiger partial charge in [-0.1, -0.05) is 17.8 Å². The molecule has 1 aliphatic rings. The minimum Gasteiger partial charge on any atom is -0.468 e.